The van der Waals surface area contributed by atoms with Gasteiger partial charge in [0.05, 0.1) is 5.52 Å². The largest absolute Gasteiger partial charge is 0.355 e. The number of hydrogen-bond donors (Lipinski definition) is 1. The standard InChI is InChI=1S/C18H18N2/c1-12-5-4-6-15(9-12)20-18-11-14(3)19-17-8-7-13(2)10-16(17)18/h4-11H,1-3H3,(H,19,20). The molecule has 0 bridgehead atoms. The number of hydrogen-bond acceptors (Lipinski definition) is 2. The fraction of sp³-hybridized carbons (Fsp3) is 0.167. The molecule has 3 aromatic rings. The zero-order chi connectivity index (χ0) is 14.1. The number of nitrogens with one attached hydrogen (secondary N) is 1. The van der Waals surface area contributed by atoms with E-state index in [-0.39, 0.29) is 0 Å². The lowest BCUT2D eigenvalue weighted by molar-refractivity contribution is 1.25. The van der Waals surface area contributed by atoms with E-state index in [1.165, 1.54) is 11.1 Å². The van der Waals surface area contributed by atoms with Crippen molar-refractivity contribution >= 4 is 22.3 Å². The summed E-state index contributed by atoms with van der Waals surface area (Å²) >= 11 is 0. The quantitative estimate of drug-likeness (QED) is 0.710. The Bertz CT molecular complexity index is 775. The molecule has 0 unspecified atom stereocenters. The lowest BCUT2D eigenvalue weighted by Gasteiger charge is -2.12. The minimum Gasteiger partial charge on any atom is -0.355 e. The van der Waals surface area contributed by atoms with Gasteiger partial charge in [0, 0.05) is 22.5 Å². The maximum atomic E-state index is 4.60. The normalized spacial score (nSPS) is 10.8. The number of pyridine rings is 1. The maximum absolute atomic E-state index is 4.60. The van der Waals surface area contributed by atoms with Gasteiger partial charge in [0.1, 0.15) is 0 Å². The van der Waals surface area contributed by atoms with Gasteiger partial charge in [-0.25, -0.2) is 0 Å². The Balaban J connectivity index is 2.12. The third kappa shape index (κ3) is 2.50. The summed E-state index contributed by atoms with van der Waals surface area (Å²) < 4.78 is 0. The van der Waals surface area contributed by atoms with Crippen molar-refractivity contribution < 1.29 is 0 Å². The van der Waals surface area contributed by atoms with Crippen molar-refractivity contribution in [2.75, 3.05) is 5.32 Å². The zero-order valence-electron chi connectivity index (χ0n) is 12.1. The molecule has 100 valence electrons. The van der Waals surface area contributed by atoms with Crippen LogP contribution in [0.2, 0.25) is 0 Å². The molecule has 0 spiro atoms. The molecular formula is C18H18N2. The monoisotopic (exact) mass is 262 g/mol. The summed E-state index contributed by atoms with van der Waals surface area (Å²) in [7, 11) is 0. The smallest absolute Gasteiger partial charge is 0.0726 e. The second-order valence-corrected chi connectivity index (χ2v) is 5.33. The Kier molecular flexibility index (Phi) is 3.15. The highest BCUT2D eigenvalue weighted by Crippen LogP contribution is 2.27. The predicted molar refractivity (Wildman–Crippen MR) is 85.7 cm³/mol. The summed E-state index contributed by atoms with van der Waals surface area (Å²) in [6.45, 7) is 6.24. The highest BCUT2D eigenvalue weighted by molar-refractivity contribution is 5.93. The van der Waals surface area contributed by atoms with Gasteiger partial charge in [-0.15, -0.1) is 0 Å². The molecule has 0 aliphatic rings. The van der Waals surface area contributed by atoms with Crippen LogP contribution in [0.1, 0.15) is 16.8 Å². The second-order valence-electron chi connectivity index (χ2n) is 5.33. The van der Waals surface area contributed by atoms with E-state index < -0.39 is 0 Å². The van der Waals surface area contributed by atoms with Gasteiger partial charge in [-0.3, -0.25) is 4.98 Å². The molecule has 0 amide bonds. The molecule has 1 aromatic heterocycles. The Morgan fingerprint density at radius 3 is 2.45 bits per heavy atom. The van der Waals surface area contributed by atoms with Crippen molar-refractivity contribution in [1.82, 2.24) is 4.98 Å². The van der Waals surface area contributed by atoms with Crippen LogP contribution < -0.4 is 5.32 Å². The van der Waals surface area contributed by atoms with E-state index in [0.717, 1.165) is 28.0 Å². The minimum atomic E-state index is 1.02. The van der Waals surface area contributed by atoms with E-state index in [1.807, 2.05) is 6.92 Å². The van der Waals surface area contributed by atoms with Gasteiger partial charge in [0.25, 0.3) is 0 Å². The highest BCUT2D eigenvalue weighted by Gasteiger charge is 2.05. The summed E-state index contributed by atoms with van der Waals surface area (Å²) in [6.07, 6.45) is 0. The molecule has 1 N–H and O–H groups in total. The molecule has 0 radical (unpaired) electrons. The summed E-state index contributed by atoms with van der Waals surface area (Å²) in [5, 5.41) is 4.68. The van der Waals surface area contributed by atoms with Crippen molar-refractivity contribution in [1.29, 1.82) is 0 Å². The van der Waals surface area contributed by atoms with Gasteiger partial charge >= 0.3 is 0 Å². The zero-order valence-corrected chi connectivity index (χ0v) is 12.1. The van der Waals surface area contributed by atoms with Crippen LogP contribution in [0.4, 0.5) is 11.4 Å². The summed E-state index contributed by atoms with van der Waals surface area (Å²) in [6, 6.07) is 16.9. The average Bonchev–Trinajstić information content (AvgIpc) is 2.39. The number of anilines is 2. The van der Waals surface area contributed by atoms with E-state index in [2.05, 4.69) is 72.7 Å². The van der Waals surface area contributed by atoms with E-state index >= 15 is 0 Å². The number of benzene rings is 2. The van der Waals surface area contributed by atoms with Crippen molar-refractivity contribution in [3.8, 4) is 0 Å². The first-order valence-corrected chi connectivity index (χ1v) is 6.83. The Morgan fingerprint density at radius 2 is 1.65 bits per heavy atom. The van der Waals surface area contributed by atoms with Crippen LogP contribution in [-0.4, -0.2) is 4.98 Å². The van der Waals surface area contributed by atoms with Crippen molar-refractivity contribution in [3.63, 3.8) is 0 Å². The number of aryl methyl sites for hydroxylation is 3. The minimum absolute atomic E-state index is 1.02. The first-order chi connectivity index (χ1) is 9.61. The fourth-order valence-corrected chi connectivity index (χ4v) is 2.45. The highest BCUT2D eigenvalue weighted by atomic mass is 14.9. The summed E-state index contributed by atoms with van der Waals surface area (Å²) in [4.78, 5) is 4.60. The molecule has 0 saturated heterocycles. The third-order valence-electron chi connectivity index (χ3n) is 3.39. The van der Waals surface area contributed by atoms with E-state index in [0.29, 0.717) is 0 Å². The van der Waals surface area contributed by atoms with Crippen LogP contribution in [0.25, 0.3) is 10.9 Å². The third-order valence-corrected chi connectivity index (χ3v) is 3.39. The van der Waals surface area contributed by atoms with Crippen LogP contribution in [0.15, 0.2) is 48.5 Å². The molecule has 0 saturated carbocycles. The molecule has 2 heteroatoms. The van der Waals surface area contributed by atoms with Gasteiger partial charge in [0.2, 0.25) is 0 Å². The molecule has 2 nitrogen and oxygen atoms in total. The van der Waals surface area contributed by atoms with Crippen LogP contribution >= 0.6 is 0 Å². The van der Waals surface area contributed by atoms with E-state index in [9.17, 15) is 0 Å². The van der Waals surface area contributed by atoms with Crippen molar-refractivity contribution in [2.45, 2.75) is 20.8 Å². The average molecular weight is 262 g/mol. The molecular weight excluding hydrogens is 244 g/mol. The summed E-state index contributed by atoms with van der Waals surface area (Å²) in [5.41, 5.74) is 6.78. The molecule has 0 aliphatic heterocycles. The fourth-order valence-electron chi connectivity index (χ4n) is 2.45. The number of fused-ring (bicyclic) bond motifs is 1. The van der Waals surface area contributed by atoms with Crippen molar-refractivity contribution in [3.05, 3.63) is 65.4 Å². The molecule has 1 heterocycles. The predicted octanol–water partition coefficient (Wildman–Crippen LogP) is 4.90. The topological polar surface area (TPSA) is 24.9 Å². The number of aromatic nitrogens is 1. The van der Waals surface area contributed by atoms with Gasteiger partial charge in [-0.2, -0.15) is 0 Å². The van der Waals surface area contributed by atoms with Crippen LogP contribution in [-0.2, 0) is 0 Å². The SMILES string of the molecule is Cc1cccc(Nc2cc(C)nc3ccc(C)cc23)c1. The van der Waals surface area contributed by atoms with Crippen LogP contribution in [0.5, 0.6) is 0 Å². The summed E-state index contributed by atoms with van der Waals surface area (Å²) in [5.74, 6) is 0. The molecule has 0 fully saturated rings. The second kappa shape index (κ2) is 4.97. The first-order valence-electron chi connectivity index (χ1n) is 6.83. The van der Waals surface area contributed by atoms with Gasteiger partial charge in [0.15, 0.2) is 0 Å². The number of nitrogens with zero attached hydrogens (tertiary/aromatic N) is 1. The lowest BCUT2D eigenvalue weighted by atomic mass is 10.1. The molecule has 2 aromatic carbocycles. The first kappa shape index (κ1) is 12.7. The maximum Gasteiger partial charge on any atom is 0.0726 e. The molecule has 20 heavy (non-hydrogen) atoms. The van der Waals surface area contributed by atoms with Gasteiger partial charge in [-0.1, -0.05) is 23.8 Å². The Morgan fingerprint density at radius 1 is 0.850 bits per heavy atom. The van der Waals surface area contributed by atoms with E-state index in [1.54, 1.807) is 0 Å². The van der Waals surface area contributed by atoms with E-state index in [4.69, 9.17) is 0 Å². The Hall–Kier alpha value is -2.35. The number of rotatable bonds is 2. The lowest BCUT2D eigenvalue weighted by Crippen LogP contribution is -1.95. The molecule has 0 atom stereocenters. The van der Waals surface area contributed by atoms with Crippen LogP contribution in [0.3, 0.4) is 0 Å². The van der Waals surface area contributed by atoms with Crippen LogP contribution in [0, 0.1) is 20.8 Å². The van der Waals surface area contributed by atoms with Crippen molar-refractivity contribution in [2.24, 2.45) is 0 Å². The van der Waals surface area contributed by atoms with Gasteiger partial charge < -0.3 is 5.32 Å². The molecule has 3 rings (SSSR count). The molecule has 0 aliphatic carbocycles. The Labute approximate surface area is 119 Å². The van der Waals surface area contributed by atoms with Gasteiger partial charge in [-0.05, 0) is 56.7 Å².